The van der Waals surface area contributed by atoms with Crippen molar-refractivity contribution in [3.8, 4) is 5.75 Å². The van der Waals surface area contributed by atoms with Crippen LogP contribution in [0.15, 0.2) is 48.5 Å². The number of nitrogen functional groups attached to an aromatic ring is 1. The van der Waals surface area contributed by atoms with Gasteiger partial charge < -0.3 is 10.5 Å². The Hall–Kier alpha value is -2.62. The van der Waals surface area contributed by atoms with Gasteiger partial charge in [0.15, 0.2) is 0 Å². The lowest BCUT2D eigenvalue weighted by atomic mass is 10.1. The second-order valence-electron chi connectivity index (χ2n) is 4.91. The molecule has 0 radical (unpaired) electrons. The van der Waals surface area contributed by atoms with Crippen LogP contribution >= 0.6 is 0 Å². The molecule has 0 aliphatic heterocycles. The number of nitrogens with zero attached hydrogens (tertiary/aromatic N) is 1. The van der Waals surface area contributed by atoms with E-state index < -0.39 is 0 Å². The summed E-state index contributed by atoms with van der Waals surface area (Å²) in [7, 11) is 0. The highest BCUT2D eigenvalue weighted by Gasteiger charge is 2.06. The molecule has 106 valence electrons. The normalized spacial score (nSPS) is 10.8. The van der Waals surface area contributed by atoms with Gasteiger partial charge in [0, 0.05) is 22.3 Å². The van der Waals surface area contributed by atoms with Crippen LogP contribution in [-0.4, -0.2) is 4.98 Å². The van der Waals surface area contributed by atoms with Crippen LogP contribution in [0.3, 0.4) is 0 Å². The van der Waals surface area contributed by atoms with Crippen LogP contribution in [0.4, 0.5) is 10.1 Å². The largest absolute Gasteiger partial charge is 0.487 e. The van der Waals surface area contributed by atoms with Gasteiger partial charge in [-0.05, 0) is 37.3 Å². The fourth-order valence-electron chi connectivity index (χ4n) is 2.19. The van der Waals surface area contributed by atoms with E-state index in [0.717, 1.165) is 16.6 Å². The molecular formula is C17H15FN2O. The predicted molar refractivity (Wildman–Crippen MR) is 81.6 cm³/mol. The van der Waals surface area contributed by atoms with Gasteiger partial charge >= 0.3 is 0 Å². The summed E-state index contributed by atoms with van der Waals surface area (Å²) in [6.07, 6.45) is 0. The van der Waals surface area contributed by atoms with E-state index in [-0.39, 0.29) is 12.4 Å². The molecule has 0 unspecified atom stereocenters. The highest BCUT2D eigenvalue weighted by molar-refractivity contribution is 5.84. The summed E-state index contributed by atoms with van der Waals surface area (Å²) in [6.45, 7) is 2.14. The van der Waals surface area contributed by atoms with Crippen molar-refractivity contribution >= 4 is 16.6 Å². The first-order valence-electron chi connectivity index (χ1n) is 6.66. The Bertz CT molecular complexity index is 802. The first kappa shape index (κ1) is 13.4. The third-order valence-corrected chi connectivity index (χ3v) is 3.31. The summed E-state index contributed by atoms with van der Waals surface area (Å²) >= 11 is 0. The molecule has 0 aliphatic carbocycles. The van der Waals surface area contributed by atoms with E-state index in [4.69, 9.17) is 10.5 Å². The van der Waals surface area contributed by atoms with E-state index in [1.54, 1.807) is 6.07 Å². The van der Waals surface area contributed by atoms with Crippen molar-refractivity contribution in [3.05, 3.63) is 65.6 Å². The fraction of sp³-hybridized carbons (Fsp3) is 0.118. The van der Waals surface area contributed by atoms with Gasteiger partial charge in [-0.3, -0.25) is 0 Å². The smallest absolute Gasteiger partial charge is 0.146 e. The average Bonchev–Trinajstić information content (AvgIpc) is 2.48. The molecule has 0 atom stereocenters. The van der Waals surface area contributed by atoms with Crippen molar-refractivity contribution in [3.63, 3.8) is 0 Å². The number of nitrogens with two attached hydrogens (primary N) is 1. The van der Waals surface area contributed by atoms with Crippen molar-refractivity contribution in [1.29, 1.82) is 0 Å². The summed E-state index contributed by atoms with van der Waals surface area (Å²) in [4.78, 5) is 4.50. The molecule has 1 aromatic heterocycles. The summed E-state index contributed by atoms with van der Waals surface area (Å²) in [5, 5.41) is 1.00. The van der Waals surface area contributed by atoms with Crippen LogP contribution in [0.25, 0.3) is 10.9 Å². The van der Waals surface area contributed by atoms with Gasteiger partial charge in [-0.25, -0.2) is 9.37 Å². The van der Waals surface area contributed by atoms with E-state index >= 15 is 0 Å². The number of para-hydroxylation sites is 1. The first-order chi connectivity index (χ1) is 10.1. The number of benzene rings is 2. The summed E-state index contributed by atoms with van der Waals surface area (Å²) in [6, 6.07) is 14.0. The number of anilines is 1. The maximum Gasteiger partial charge on any atom is 0.146 e. The highest BCUT2D eigenvalue weighted by Crippen LogP contribution is 2.25. The standard InChI is InChI=1S/C17H15FN2O/c1-11-5-6-12-3-2-4-16(17(12)20-11)21-10-13-9-14(18)7-8-15(13)19/h2-9H,10,19H2,1H3. The molecule has 3 rings (SSSR count). The molecule has 21 heavy (non-hydrogen) atoms. The van der Waals surface area contributed by atoms with E-state index in [2.05, 4.69) is 4.98 Å². The molecule has 0 spiro atoms. The molecule has 2 N–H and O–H groups in total. The number of aryl methyl sites for hydroxylation is 1. The Balaban J connectivity index is 1.91. The van der Waals surface area contributed by atoms with Crippen molar-refractivity contribution in [2.75, 3.05) is 5.73 Å². The molecule has 0 aliphatic rings. The molecule has 0 saturated carbocycles. The van der Waals surface area contributed by atoms with Crippen LogP contribution < -0.4 is 10.5 Å². The zero-order chi connectivity index (χ0) is 14.8. The molecule has 4 heteroatoms. The Labute approximate surface area is 122 Å². The van der Waals surface area contributed by atoms with Gasteiger partial charge in [0.2, 0.25) is 0 Å². The Morgan fingerprint density at radius 2 is 2.00 bits per heavy atom. The van der Waals surface area contributed by atoms with E-state index in [1.165, 1.54) is 12.1 Å². The zero-order valence-electron chi connectivity index (χ0n) is 11.6. The van der Waals surface area contributed by atoms with Gasteiger partial charge in [-0.2, -0.15) is 0 Å². The van der Waals surface area contributed by atoms with E-state index in [9.17, 15) is 4.39 Å². The summed E-state index contributed by atoms with van der Waals surface area (Å²) in [5.41, 5.74) is 8.69. The first-order valence-corrected chi connectivity index (χ1v) is 6.66. The zero-order valence-corrected chi connectivity index (χ0v) is 11.6. The monoisotopic (exact) mass is 282 g/mol. The number of ether oxygens (including phenoxy) is 1. The molecule has 0 saturated heterocycles. The quantitative estimate of drug-likeness (QED) is 0.742. The van der Waals surface area contributed by atoms with Gasteiger partial charge in [-0.15, -0.1) is 0 Å². The molecule has 0 bridgehead atoms. The topological polar surface area (TPSA) is 48.1 Å². The Morgan fingerprint density at radius 1 is 1.14 bits per heavy atom. The van der Waals surface area contributed by atoms with Gasteiger partial charge in [0.05, 0.1) is 0 Å². The predicted octanol–water partition coefficient (Wildman–Crippen LogP) is 3.84. The lowest BCUT2D eigenvalue weighted by molar-refractivity contribution is 0.309. The molecule has 2 aromatic carbocycles. The van der Waals surface area contributed by atoms with Crippen molar-refractivity contribution in [1.82, 2.24) is 4.98 Å². The van der Waals surface area contributed by atoms with Crippen molar-refractivity contribution in [2.45, 2.75) is 13.5 Å². The average molecular weight is 282 g/mol. The van der Waals surface area contributed by atoms with Gasteiger partial charge in [0.1, 0.15) is 23.7 Å². The number of hydrogen-bond acceptors (Lipinski definition) is 3. The maximum absolute atomic E-state index is 13.3. The SMILES string of the molecule is Cc1ccc2cccc(OCc3cc(F)ccc3N)c2n1. The second-order valence-corrected chi connectivity index (χ2v) is 4.91. The Morgan fingerprint density at radius 3 is 2.86 bits per heavy atom. The van der Waals surface area contributed by atoms with Gasteiger partial charge in [0.25, 0.3) is 0 Å². The van der Waals surface area contributed by atoms with Crippen molar-refractivity contribution in [2.24, 2.45) is 0 Å². The molecular weight excluding hydrogens is 267 g/mol. The minimum atomic E-state index is -0.324. The Kier molecular flexibility index (Phi) is 3.44. The molecule has 1 heterocycles. The van der Waals surface area contributed by atoms with E-state index in [0.29, 0.717) is 17.0 Å². The molecule has 0 amide bonds. The van der Waals surface area contributed by atoms with Crippen molar-refractivity contribution < 1.29 is 9.13 Å². The van der Waals surface area contributed by atoms with Crippen LogP contribution in [0.2, 0.25) is 0 Å². The van der Waals surface area contributed by atoms with Crippen LogP contribution in [0.5, 0.6) is 5.75 Å². The van der Waals surface area contributed by atoms with Gasteiger partial charge in [-0.1, -0.05) is 18.2 Å². The number of rotatable bonds is 3. The van der Waals surface area contributed by atoms with Crippen LogP contribution in [0, 0.1) is 12.7 Å². The maximum atomic E-state index is 13.3. The van der Waals surface area contributed by atoms with E-state index in [1.807, 2.05) is 37.3 Å². The summed E-state index contributed by atoms with van der Waals surface area (Å²) in [5.74, 6) is 0.342. The molecule has 3 aromatic rings. The third-order valence-electron chi connectivity index (χ3n) is 3.31. The molecule has 0 fully saturated rings. The molecule has 3 nitrogen and oxygen atoms in total. The summed E-state index contributed by atoms with van der Waals surface area (Å²) < 4.78 is 19.0. The number of fused-ring (bicyclic) bond motifs is 1. The number of pyridine rings is 1. The number of aromatic nitrogens is 1. The third kappa shape index (κ3) is 2.79. The minimum Gasteiger partial charge on any atom is -0.487 e. The number of halogens is 1. The number of hydrogen-bond donors (Lipinski definition) is 1. The minimum absolute atomic E-state index is 0.207. The van der Waals surface area contributed by atoms with Crippen LogP contribution in [-0.2, 0) is 6.61 Å². The van der Waals surface area contributed by atoms with Crippen LogP contribution in [0.1, 0.15) is 11.3 Å². The highest BCUT2D eigenvalue weighted by atomic mass is 19.1. The fourth-order valence-corrected chi connectivity index (χ4v) is 2.19. The lowest BCUT2D eigenvalue weighted by Gasteiger charge is -2.11. The lowest BCUT2D eigenvalue weighted by Crippen LogP contribution is -2.01. The second kappa shape index (κ2) is 5.40.